The van der Waals surface area contributed by atoms with Gasteiger partial charge < -0.3 is 10.1 Å². The summed E-state index contributed by atoms with van der Waals surface area (Å²) in [5.41, 5.74) is 0.944. The number of nitrogens with one attached hydrogen (secondary N) is 1. The van der Waals surface area contributed by atoms with Gasteiger partial charge >= 0.3 is 0 Å². The molecular weight excluding hydrogens is 216 g/mol. The molecular formula is C12H20N4O. The number of hydrogen-bond donors (Lipinski definition) is 1. The number of aryl methyl sites for hydroxylation is 1. The summed E-state index contributed by atoms with van der Waals surface area (Å²) in [7, 11) is 1.95. The van der Waals surface area contributed by atoms with Crippen molar-refractivity contribution in [1.82, 2.24) is 20.5 Å². The highest BCUT2D eigenvalue weighted by Gasteiger charge is 2.18. The zero-order valence-corrected chi connectivity index (χ0v) is 10.4. The van der Waals surface area contributed by atoms with Gasteiger partial charge in [0.05, 0.1) is 11.9 Å². The van der Waals surface area contributed by atoms with Crippen molar-refractivity contribution in [2.75, 3.05) is 20.2 Å². The number of aromatic nitrogens is 3. The fraction of sp³-hybridized carbons (Fsp3) is 0.750. The van der Waals surface area contributed by atoms with Crippen molar-refractivity contribution in [1.29, 1.82) is 0 Å². The largest absolute Gasteiger partial charge is 0.372 e. The summed E-state index contributed by atoms with van der Waals surface area (Å²) in [4.78, 5) is 4.54. The quantitative estimate of drug-likeness (QED) is 0.780. The Hall–Kier alpha value is -1.07. The van der Waals surface area contributed by atoms with Gasteiger partial charge in [0.2, 0.25) is 0 Å². The monoisotopic (exact) mass is 236 g/mol. The van der Waals surface area contributed by atoms with E-state index in [9.17, 15) is 0 Å². The maximum absolute atomic E-state index is 5.70. The summed E-state index contributed by atoms with van der Waals surface area (Å²) < 4.78 is 5.70. The van der Waals surface area contributed by atoms with Crippen LogP contribution < -0.4 is 5.32 Å². The molecule has 0 saturated carbocycles. The van der Waals surface area contributed by atoms with Crippen LogP contribution in [-0.2, 0) is 11.2 Å². The lowest BCUT2D eigenvalue weighted by molar-refractivity contribution is 0.0118. The molecule has 1 aromatic heterocycles. The van der Waals surface area contributed by atoms with Crippen LogP contribution in [0.2, 0.25) is 0 Å². The molecule has 94 valence electrons. The second-order valence-electron chi connectivity index (χ2n) is 4.36. The van der Waals surface area contributed by atoms with E-state index in [4.69, 9.17) is 4.74 Å². The molecule has 0 radical (unpaired) electrons. The first kappa shape index (κ1) is 12.4. The fourth-order valence-corrected chi connectivity index (χ4v) is 2.01. The van der Waals surface area contributed by atoms with Crippen LogP contribution in [0.3, 0.4) is 0 Å². The summed E-state index contributed by atoms with van der Waals surface area (Å²) >= 11 is 0. The molecule has 0 aliphatic carbocycles. The van der Waals surface area contributed by atoms with Crippen LogP contribution in [0.4, 0.5) is 0 Å². The number of rotatable bonds is 5. The van der Waals surface area contributed by atoms with Crippen LogP contribution in [0.5, 0.6) is 0 Å². The number of ether oxygens (including phenoxy) is 1. The second kappa shape index (κ2) is 6.61. The van der Waals surface area contributed by atoms with Crippen LogP contribution in [0.25, 0.3) is 0 Å². The highest BCUT2D eigenvalue weighted by molar-refractivity contribution is 5.01. The van der Waals surface area contributed by atoms with E-state index in [-0.39, 0.29) is 6.10 Å². The molecule has 1 saturated heterocycles. The van der Waals surface area contributed by atoms with Gasteiger partial charge in [-0.05, 0) is 39.3 Å². The van der Waals surface area contributed by atoms with Gasteiger partial charge in [0.25, 0.3) is 0 Å². The van der Waals surface area contributed by atoms with Crippen LogP contribution in [-0.4, -0.2) is 35.4 Å². The third-order valence-electron chi connectivity index (χ3n) is 2.96. The number of nitrogens with zero attached hydrogens (tertiary/aromatic N) is 3. The molecule has 0 spiro atoms. The standard InChI is InChI=1S/C12H20N4O/c1-13-7-4-6-12-15-10(9-14-16-12)11-5-2-3-8-17-11/h9,11,13H,2-8H2,1H3. The van der Waals surface area contributed by atoms with Crippen molar-refractivity contribution < 1.29 is 4.74 Å². The zero-order chi connectivity index (χ0) is 11.9. The van der Waals surface area contributed by atoms with Crippen LogP contribution in [0.15, 0.2) is 6.20 Å². The Morgan fingerprint density at radius 2 is 2.41 bits per heavy atom. The molecule has 5 heteroatoms. The van der Waals surface area contributed by atoms with E-state index >= 15 is 0 Å². The normalized spacial score (nSPS) is 20.4. The Balaban J connectivity index is 1.95. The van der Waals surface area contributed by atoms with Gasteiger partial charge in [-0.2, -0.15) is 5.10 Å². The minimum atomic E-state index is 0.127. The van der Waals surface area contributed by atoms with Crippen molar-refractivity contribution in [3.8, 4) is 0 Å². The van der Waals surface area contributed by atoms with Crippen LogP contribution in [0, 0.1) is 0 Å². The number of hydrogen-bond acceptors (Lipinski definition) is 5. The van der Waals surface area contributed by atoms with Gasteiger partial charge in [-0.3, -0.25) is 0 Å². The van der Waals surface area contributed by atoms with Crippen molar-refractivity contribution in [3.05, 3.63) is 17.7 Å². The minimum absolute atomic E-state index is 0.127. The SMILES string of the molecule is CNCCCc1nncc(C2CCCCO2)n1. The molecule has 5 nitrogen and oxygen atoms in total. The van der Waals surface area contributed by atoms with Crippen molar-refractivity contribution in [2.45, 2.75) is 38.2 Å². The Morgan fingerprint density at radius 1 is 1.47 bits per heavy atom. The van der Waals surface area contributed by atoms with Gasteiger partial charge in [-0.25, -0.2) is 4.98 Å². The van der Waals surface area contributed by atoms with Crippen LogP contribution in [0.1, 0.15) is 43.3 Å². The molecule has 1 atom stereocenters. The summed E-state index contributed by atoms with van der Waals surface area (Å²) in [6, 6.07) is 0. The third-order valence-corrected chi connectivity index (χ3v) is 2.96. The Morgan fingerprint density at radius 3 is 3.18 bits per heavy atom. The molecule has 2 heterocycles. The lowest BCUT2D eigenvalue weighted by atomic mass is 10.1. The molecule has 2 rings (SSSR count). The van der Waals surface area contributed by atoms with E-state index in [2.05, 4.69) is 20.5 Å². The summed E-state index contributed by atoms with van der Waals surface area (Å²) in [6.45, 7) is 1.82. The predicted molar refractivity (Wildman–Crippen MR) is 64.6 cm³/mol. The third kappa shape index (κ3) is 3.71. The van der Waals surface area contributed by atoms with Gasteiger partial charge in [0.1, 0.15) is 6.10 Å². The summed E-state index contributed by atoms with van der Waals surface area (Å²) in [6.07, 6.45) is 7.18. The average Bonchev–Trinajstić information content (AvgIpc) is 2.41. The maximum atomic E-state index is 5.70. The van der Waals surface area contributed by atoms with Gasteiger partial charge in [0.15, 0.2) is 5.82 Å². The van der Waals surface area contributed by atoms with Gasteiger partial charge in [-0.1, -0.05) is 0 Å². The van der Waals surface area contributed by atoms with Crippen molar-refractivity contribution in [2.24, 2.45) is 0 Å². The van der Waals surface area contributed by atoms with E-state index in [1.54, 1.807) is 6.20 Å². The molecule has 1 unspecified atom stereocenters. The lowest BCUT2D eigenvalue weighted by Crippen LogP contribution is -2.15. The molecule has 0 bridgehead atoms. The van der Waals surface area contributed by atoms with E-state index in [1.807, 2.05) is 7.05 Å². The predicted octanol–water partition coefficient (Wildman–Crippen LogP) is 1.27. The topological polar surface area (TPSA) is 59.9 Å². The first-order valence-corrected chi connectivity index (χ1v) is 6.35. The van der Waals surface area contributed by atoms with E-state index in [1.165, 1.54) is 6.42 Å². The average molecular weight is 236 g/mol. The van der Waals surface area contributed by atoms with E-state index < -0.39 is 0 Å². The maximum Gasteiger partial charge on any atom is 0.151 e. The molecule has 1 aliphatic rings. The Kier molecular flexibility index (Phi) is 4.82. The van der Waals surface area contributed by atoms with Gasteiger partial charge in [-0.15, -0.1) is 5.10 Å². The molecule has 17 heavy (non-hydrogen) atoms. The zero-order valence-electron chi connectivity index (χ0n) is 10.4. The van der Waals surface area contributed by atoms with Crippen molar-refractivity contribution >= 4 is 0 Å². The molecule has 1 fully saturated rings. The minimum Gasteiger partial charge on any atom is -0.372 e. The summed E-state index contributed by atoms with van der Waals surface area (Å²) in [5.74, 6) is 0.826. The lowest BCUT2D eigenvalue weighted by Gasteiger charge is -2.21. The Bertz CT molecular complexity index is 339. The Labute approximate surface area is 102 Å². The first-order valence-electron chi connectivity index (χ1n) is 6.35. The fourth-order valence-electron chi connectivity index (χ4n) is 2.01. The molecule has 0 amide bonds. The second-order valence-corrected chi connectivity index (χ2v) is 4.36. The van der Waals surface area contributed by atoms with Crippen LogP contribution >= 0.6 is 0 Å². The first-order chi connectivity index (χ1) is 8.40. The van der Waals surface area contributed by atoms with E-state index in [0.717, 1.165) is 50.4 Å². The molecule has 1 aromatic rings. The smallest absolute Gasteiger partial charge is 0.151 e. The van der Waals surface area contributed by atoms with E-state index in [0.29, 0.717) is 0 Å². The highest BCUT2D eigenvalue weighted by atomic mass is 16.5. The molecule has 1 aliphatic heterocycles. The van der Waals surface area contributed by atoms with Crippen molar-refractivity contribution in [3.63, 3.8) is 0 Å². The molecule has 0 aromatic carbocycles. The van der Waals surface area contributed by atoms with Gasteiger partial charge in [0, 0.05) is 13.0 Å². The summed E-state index contributed by atoms with van der Waals surface area (Å²) in [5, 5.41) is 11.2. The highest BCUT2D eigenvalue weighted by Crippen LogP contribution is 2.25. The molecule has 1 N–H and O–H groups in total.